The molecule has 1 aromatic heterocycles. The normalized spacial score (nSPS) is 21.8. The second kappa shape index (κ2) is 10.3. The lowest BCUT2D eigenvalue weighted by molar-refractivity contribution is -0.134. The lowest BCUT2D eigenvalue weighted by atomic mass is 9.75. The number of amides is 3. The van der Waals surface area contributed by atoms with E-state index in [0.717, 1.165) is 48.6 Å². The number of thiazole rings is 1. The molecule has 1 aromatic carbocycles. The molecule has 2 fully saturated rings. The number of carbonyl (C=O) groups excluding carboxylic acids is 2. The SMILES string of the molecule is CCOc1cc(CN2CCC(C3(CC)NC(=O)N(CCc4scnc4C)C3=O)CC2)ccc1O. The molecule has 0 bridgehead atoms. The Balaban J connectivity index is 1.37. The van der Waals surface area contributed by atoms with Gasteiger partial charge in [-0.05, 0) is 69.8 Å². The van der Waals surface area contributed by atoms with Crippen LogP contribution in [0.15, 0.2) is 23.7 Å². The van der Waals surface area contributed by atoms with Gasteiger partial charge in [0, 0.05) is 24.4 Å². The molecule has 0 saturated carbocycles. The molecular weight excluding hydrogens is 452 g/mol. The summed E-state index contributed by atoms with van der Waals surface area (Å²) in [5.74, 6) is 0.687. The fourth-order valence-corrected chi connectivity index (χ4v) is 5.97. The molecule has 9 heteroatoms. The highest BCUT2D eigenvalue weighted by molar-refractivity contribution is 7.09. The predicted molar refractivity (Wildman–Crippen MR) is 131 cm³/mol. The zero-order valence-corrected chi connectivity index (χ0v) is 21.0. The molecule has 8 nitrogen and oxygen atoms in total. The summed E-state index contributed by atoms with van der Waals surface area (Å²) >= 11 is 1.57. The number of imide groups is 1. The first-order valence-electron chi connectivity index (χ1n) is 12.1. The first-order chi connectivity index (χ1) is 16.4. The maximum atomic E-state index is 13.5. The molecule has 4 rings (SSSR count). The van der Waals surface area contributed by atoms with E-state index in [1.165, 1.54) is 4.90 Å². The van der Waals surface area contributed by atoms with Crippen molar-refractivity contribution in [3.8, 4) is 11.5 Å². The van der Waals surface area contributed by atoms with Crippen molar-refractivity contribution >= 4 is 23.3 Å². The van der Waals surface area contributed by atoms with Gasteiger partial charge in [0.1, 0.15) is 5.54 Å². The van der Waals surface area contributed by atoms with Crippen LogP contribution >= 0.6 is 11.3 Å². The van der Waals surface area contributed by atoms with E-state index in [2.05, 4.69) is 15.2 Å². The minimum Gasteiger partial charge on any atom is -0.504 e. The second-order valence-corrected chi connectivity index (χ2v) is 10.0. The van der Waals surface area contributed by atoms with Gasteiger partial charge in [0.2, 0.25) is 0 Å². The first-order valence-corrected chi connectivity index (χ1v) is 13.0. The Hall–Kier alpha value is -2.65. The zero-order valence-electron chi connectivity index (χ0n) is 20.2. The van der Waals surface area contributed by atoms with Gasteiger partial charge in [-0.1, -0.05) is 13.0 Å². The number of aromatic hydroxyl groups is 1. The van der Waals surface area contributed by atoms with Crippen molar-refractivity contribution in [1.29, 1.82) is 0 Å². The van der Waals surface area contributed by atoms with E-state index >= 15 is 0 Å². The highest BCUT2D eigenvalue weighted by Crippen LogP contribution is 2.37. The van der Waals surface area contributed by atoms with Gasteiger partial charge in [0.05, 0.1) is 17.8 Å². The molecule has 1 unspecified atom stereocenters. The molecule has 34 heavy (non-hydrogen) atoms. The summed E-state index contributed by atoms with van der Waals surface area (Å²) in [6.45, 7) is 9.18. The van der Waals surface area contributed by atoms with Crippen LogP contribution in [0.4, 0.5) is 4.79 Å². The zero-order chi connectivity index (χ0) is 24.3. The van der Waals surface area contributed by atoms with Crippen LogP contribution in [0.25, 0.3) is 0 Å². The number of nitrogens with zero attached hydrogens (tertiary/aromatic N) is 3. The number of piperidine rings is 1. The minimum absolute atomic E-state index is 0.0829. The maximum Gasteiger partial charge on any atom is 0.325 e. The standard InChI is InChI=1S/C25H34N4O4S/c1-4-25(23(31)29(24(32)27-25)13-10-22-17(3)26-16-34-22)19-8-11-28(12-9-19)15-18-6-7-20(30)21(14-18)33-5-2/h6-7,14,16,19,30H,4-5,8-13,15H2,1-3H3,(H,27,32). The summed E-state index contributed by atoms with van der Waals surface area (Å²) in [6.07, 6.45) is 2.92. The largest absolute Gasteiger partial charge is 0.504 e. The Labute approximate surface area is 204 Å². The van der Waals surface area contributed by atoms with Crippen LogP contribution in [-0.4, -0.2) is 63.6 Å². The van der Waals surface area contributed by atoms with E-state index in [1.54, 1.807) is 22.9 Å². The van der Waals surface area contributed by atoms with E-state index in [4.69, 9.17) is 4.74 Å². The third kappa shape index (κ3) is 4.77. The van der Waals surface area contributed by atoms with Gasteiger partial charge in [-0.25, -0.2) is 9.78 Å². The molecule has 2 N–H and O–H groups in total. The van der Waals surface area contributed by atoms with E-state index < -0.39 is 5.54 Å². The fourth-order valence-electron chi connectivity index (χ4n) is 5.20. The lowest BCUT2D eigenvalue weighted by Crippen LogP contribution is -2.55. The van der Waals surface area contributed by atoms with Gasteiger partial charge in [-0.2, -0.15) is 0 Å². The van der Waals surface area contributed by atoms with Crippen LogP contribution in [0.3, 0.4) is 0 Å². The molecule has 3 heterocycles. The number of rotatable bonds is 9. The third-order valence-electron chi connectivity index (χ3n) is 7.18. The molecule has 184 valence electrons. The lowest BCUT2D eigenvalue weighted by Gasteiger charge is -2.40. The highest BCUT2D eigenvalue weighted by Gasteiger charge is 2.54. The number of ether oxygens (including phenoxy) is 1. The third-order valence-corrected chi connectivity index (χ3v) is 8.18. The number of benzene rings is 1. The molecule has 1 atom stereocenters. The van der Waals surface area contributed by atoms with Crippen molar-refractivity contribution in [3.05, 3.63) is 39.8 Å². The van der Waals surface area contributed by atoms with Gasteiger partial charge in [0.25, 0.3) is 5.91 Å². The van der Waals surface area contributed by atoms with Gasteiger partial charge < -0.3 is 15.2 Å². The fraction of sp³-hybridized carbons (Fsp3) is 0.560. The van der Waals surface area contributed by atoms with Crippen LogP contribution in [0.1, 0.15) is 49.2 Å². The van der Waals surface area contributed by atoms with Crippen LogP contribution in [0.2, 0.25) is 0 Å². The second-order valence-electron chi connectivity index (χ2n) is 9.11. The molecule has 0 aliphatic carbocycles. The molecule has 2 aromatic rings. The number of aryl methyl sites for hydroxylation is 1. The molecule has 2 aliphatic rings. The number of aromatic nitrogens is 1. The van der Waals surface area contributed by atoms with Crippen molar-refractivity contribution in [3.63, 3.8) is 0 Å². The molecule has 2 aliphatic heterocycles. The highest BCUT2D eigenvalue weighted by atomic mass is 32.1. The van der Waals surface area contributed by atoms with Crippen molar-refractivity contribution in [2.45, 2.75) is 58.5 Å². The Morgan fingerprint density at radius 2 is 2.03 bits per heavy atom. The number of carbonyl (C=O) groups is 2. The maximum absolute atomic E-state index is 13.5. The molecule has 0 spiro atoms. The Kier molecular flexibility index (Phi) is 7.42. The first kappa shape index (κ1) is 24.5. The van der Waals surface area contributed by atoms with Crippen molar-refractivity contribution in [1.82, 2.24) is 20.1 Å². The average Bonchev–Trinajstić information content (AvgIpc) is 3.35. The Bertz CT molecular complexity index is 1030. The summed E-state index contributed by atoms with van der Waals surface area (Å²) in [5.41, 5.74) is 3.04. The number of urea groups is 1. The number of hydrogen-bond donors (Lipinski definition) is 2. The van der Waals surface area contributed by atoms with Crippen LogP contribution in [-0.2, 0) is 17.8 Å². The van der Waals surface area contributed by atoms with Crippen molar-refractivity contribution in [2.24, 2.45) is 5.92 Å². The number of phenolic OH excluding ortho intramolecular Hbond substituents is 1. The predicted octanol–water partition coefficient (Wildman–Crippen LogP) is 3.71. The van der Waals surface area contributed by atoms with Crippen molar-refractivity contribution in [2.75, 3.05) is 26.2 Å². The molecule has 3 amide bonds. The number of nitrogens with one attached hydrogen (secondary N) is 1. The quantitative estimate of drug-likeness (QED) is 0.525. The van der Waals surface area contributed by atoms with E-state index in [0.29, 0.717) is 31.7 Å². The Morgan fingerprint density at radius 3 is 2.68 bits per heavy atom. The molecule has 2 saturated heterocycles. The average molecular weight is 487 g/mol. The van der Waals surface area contributed by atoms with Crippen LogP contribution in [0, 0.1) is 12.8 Å². The van der Waals surface area contributed by atoms with Gasteiger partial charge >= 0.3 is 6.03 Å². The van der Waals surface area contributed by atoms with Gasteiger partial charge in [0.15, 0.2) is 11.5 Å². The van der Waals surface area contributed by atoms with E-state index in [-0.39, 0.29) is 23.6 Å². The summed E-state index contributed by atoms with van der Waals surface area (Å²) in [6, 6.07) is 5.21. The number of hydrogen-bond acceptors (Lipinski definition) is 7. The summed E-state index contributed by atoms with van der Waals surface area (Å²) in [4.78, 5) is 35.4. The summed E-state index contributed by atoms with van der Waals surface area (Å²) in [7, 11) is 0. The topological polar surface area (TPSA) is 95.0 Å². The number of phenols is 1. The Morgan fingerprint density at radius 1 is 1.26 bits per heavy atom. The smallest absolute Gasteiger partial charge is 0.325 e. The minimum atomic E-state index is -0.813. The van der Waals surface area contributed by atoms with Crippen LogP contribution < -0.4 is 10.1 Å². The number of likely N-dealkylation sites (tertiary alicyclic amines) is 1. The van der Waals surface area contributed by atoms with E-state index in [1.807, 2.05) is 32.9 Å². The van der Waals surface area contributed by atoms with Crippen LogP contribution in [0.5, 0.6) is 11.5 Å². The van der Waals surface area contributed by atoms with Gasteiger partial charge in [-0.3, -0.25) is 14.6 Å². The van der Waals surface area contributed by atoms with Gasteiger partial charge in [-0.15, -0.1) is 11.3 Å². The van der Waals surface area contributed by atoms with Crippen molar-refractivity contribution < 1.29 is 19.4 Å². The monoisotopic (exact) mass is 486 g/mol. The van der Waals surface area contributed by atoms with E-state index in [9.17, 15) is 14.7 Å². The summed E-state index contributed by atoms with van der Waals surface area (Å²) in [5, 5.41) is 13.0. The molecule has 0 radical (unpaired) electrons. The molecular formula is C25H34N4O4S. The summed E-state index contributed by atoms with van der Waals surface area (Å²) < 4.78 is 5.51.